The van der Waals surface area contributed by atoms with Crippen molar-refractivity contribution in [3.8, 4) is 0 Å². The number of nitrogens with one attached hydrogen (secondary N) is 2. The molecule has 0 bridgehead atoms. The zero-order chi connectivity index (χ0) is 15.0. The summed E-state index contributed by atoms with van der Waals surface area (Å²) in [6.07, 6.45) is 1.90. The van der Waals surface area contributed by atoms with Gasteiger partial charge in [0.1, 0.15) is 5.69 Å². The first-order chi connectivity index (χ1) is 10.0. The number of aromatic nitrogens is 3. The van der Waals surface area contributed by atoms with Gasteiger partial charge in [0.25, 0.3) is 5.91 Å². The number of carbonyl (C=O) groups is 1. The number of amides is 1. The molecule has 0 saturated heterocycles. The van der Waals surface area contributed by atoms with Crippen LogP contribution >= 0.6 is 0 Å². The minimum absolute atomic E-state index is 0.145. The van der Waals surface area contributed by atoms with Gasteiger partial charge < -0.3 is 16.0 Å². The summed E-state index contributed by atoms with van der Waals surface area (Å²) in [5.74, 6) is -0.145. The Morgan fingerprint density at radius 2 is 2.24 bits per heavy atom. The summed E-state index contributed by atoms with van der Waals surface area (Å²) in [6.45, 7) is 2.38. The minimum atomic E-state index is -0.145. The van der Waals surface area contributed by atoms with Gasteiger partial charge in [-0.25, -0.2) is 0 Å². The van der Waals surface area contributed by atoms with Crippen molar-refractivity contribution in [3.05, 3.63) is 47.4 Å². The Kier molecular flexibility index (Phi) is 3.13. The largest absolute Gasteiger partial charge is 0.399 e. The molecular formula is C15H17N5O. The van der Waals surface area contributed by atoms with E-state index in [1.807, 2.05) is 32.3 Å². The van der Waals surface area contributed by atoms with Crippen molar-refractivity contribution in [2.75, 3.05) is 5.73 Å². The molecule has 0 unspecified atom stereocenters. The Bertz CT molecular complexity index is 815. The van der Waals surface area contributed by atoms with Gasteiger partial charge in [-0.3, -0.25) is 9.48 Å². The fourth-order valence-corrected chi connectivity index (χ4v) is 2.37. The van der Waals surface area contributed by atoms with Crippen LogP contribution in [0.1, 0.15) is 21.7 Å². The number of H-pyrrole nitrogens is 1. The highest BCUT2D eigenvalue weighted by Crippen LogP contribution is 2.18. The van der Waals surface area contributed by atoms with Crippen molar-refractivity contribution < 1.29 is 4.79 Å². The predicted molar refractivity (Wildman–Crippen MR) is 81.8 cm³/mol. The Labute approximate surface area is 121 Å². The number of fused-ring (bicyclic) bond motifs is 1. The number of carbonyl (C=O) groups excluding carboxylic acids is 1. The van der Waals surface area contributed by atoms with Gasteiger partial charge in [0.2, 0.25) is 0 Å². The summed E-state index contributed by atoms with van der Waals surface area (Å²) < 4.78 is 1.74. The number of hydrogen-bond donors (Lipinski definition) is 3. The number of nitrogens with zero attached hydrogens (tertiary/aromatic N) is 2. The van der Waals surface area contributed by atoms with Gasteiger partial charge in [-0.1, -0.05) is 0 Å². The molecule has 108 valence electrons. The average molecular weight is 283 g/mol. The van der Waals surface area contributed by atoms with Crippen LogP contribution in [0.4, 0.5) is 5.69 Å². The summed E-state index contributed by atoms with van der Waals surface area (Å²) in [5, 5.41) is 8.07. The van der Waals surface area contributed by atoms with E-state index < -0.39 is 0 Å². The fourth-order valence-electron chi connectivity index (χ4n) is 2.37. The Hall–Kier alpha value is -2.76. The third-order valence-corrected chi connectivity index (χ3v) is 3.44. The molecule has 0 saturated carbocycles. The van der Waals surface area contributed by atoms with Gasteiger partial charge in [-0.05, 0) is 31.2 Å². The second-order valence-corrected chi connectivity index (χ2v) is 5.13. The molecule has 6 heteroatoms. The van der Waals surface area contributed by atoms with E-state index in [2.05, 4.69) is 15.4 Å². The summed E-state index contributed by atoms with van der Waals surface area (Å²) >= 11 is 0. The maximum Gasteiger partial charge on any atom is 0.267 e. The lowest BCUT2D eigenvalue weighted by molar-refractivity contribution is 0.0946. The third-order valence-electron chi connectivity index (χ3n) is 3.44. The molecule has 1 amide bonds. The Morgan fingerprint density at radius 3 is 2.95 bits per heavy atom. The molecule has 3 aromatic rings. The molecule has 3 rings (SSSR count). The predicted octanol–water partition coefficient (Wildman–Crippen LogP) is 1.72. The van der Waals surface area contributed by atoms with E-state index in [0.29, 0.717) is 17.9 Å². The monoisotopic (exact) mass is 283 g/mol. The number of aryl methyl sites for hydroxylation is 2. The first-order valence-corrected chi connectivity index (χ1v) is 6.68. The first kappa shape index (κ1) is 13.2. The van der Waals surface area contributed by atoms with Gasteiger partial charge in [0.15, 0.2) is 0 Å². The van der Waals surface area contributed by atoms with Gasteiger partial charge in [-0.2, -0.15) is 5.10 Å². The first-order valence-electron chi connectivity index (χ1n) is 6.68. The van der Waals surface area contributed by atoms with Crippen LogP contribution in [0.5, 0.6) is 0 Å². The van der Waals surface area contributed by atoms with Crippen molar-refractivity contribution in [3.63, 3.8) is 0 Å². The lowest BCUT2D eigenvalue weighted by atomic mass is 10.2. The molecule has 0 aliphatic rings. The number of benzene rings is 1. The van der Waals surface area contributed by atoms with Crippen LogP contribution < -0.4 is 11.1 Å². The van der Waals surface area contributed by atoms with E-state index >= 15 is 0 Å². The van der Waals surface area contributed by atoms with Crippen LogP contribution in [-0.4, -0.2) is 20.7 Å². The Balaban J connectivity index is 1.76. The lowest BCUT2D eigenvalue weighted by Gasteiger charge is -2.02. The number of nitrogens with two attached hydrogens (primary N) is 1. The van der Waals surface area contributed by atoms with E-state index in [4.69, 9.17) is 5.73 Å². The fraction of sp³-hybridized carbons (Fsp3) is 0.200. The highest BCUT2D eigenvalue weighted by Gasteiger charge is 2.11. The molecule has 0 aliphatic heterocycles. The maximum atomic E-state index is 12.2. The van der Waals surface area contributed by atoms with Crippen molar-refractivity contribution in [2.45, 2.75) is 13.5 Å². The van der Waals surface area contributed by atoms with Crippen molar-refractivity contribution in [2.24, 2.45) is 7.05 Å². The molecule has 6 nitrogen and oxygen atoms in total. The molecule has 0 spiro atoms. The number of hydrogen-bond acceptors (Lipinski definition) is 3. The number of rotatable bonds is 3. The van der Waals surface area contributed by atoms with Crippen LogP contribution in [0.2, 0.25) is 0 Å². The van der Waals surface area contributed by atoms with Crippen molar-refractivity contribution in [1.82, 2.24) is 20.1 Å². The molecule has 4 N–H and O–H groups in total. The quantitative estimate of drug-likeness (QED) is 0.639. The second-order valence-electron chi connectivity index (χ2n) is 5.13. The highest BCUT2D eigenvalue weighted by molar-refractivity contribution is 5.98. The molecule has 21 heavy (non-hydrogen) atoms. The summed E-state index contributed by atoms with van der Waals surface area (Å²) in [6, 6.07) is 7.32. The molecule has 0 radical (unpaired) electrons. The number of aromatic amines is 1. The Morgan fingerprint density at radius 1 is 1.43 bits per heavy atom. The van der Waals surface area contributed by atoms with Gasteiger partial charge >= 0.3 is 0 Å². The molecule has 1 aromatic carbocycles. The number of nitrogen functional groups attached to an aromatic ring is 1. The minimum Gasteiger partial charge on any atom is -0.399 e. The van der Waals surface area contributed by atoms with E-state index in [1.54, 1.807) is 16.8 Å². The molecule has 0 atom stereocenters. The molecule has 0 fully saturated rings. The van der Waals surface area contributed by atoms with E-state index in [9.17, 15) is 4.79 Å². The summed E-state index contributed by atoms with van der Waals surface area (Å²) in [4.78, 5) is 15.3. The zero-order valence-electron chi connectivity index (χ0n) is 12.0. The van der Waals surface area contributed by atoms with Crippen LogP contribution in [0.25, 0.3) is 10.9 Å². The third kappa shape index (κ3) is 2.60. The van der Waals surface area contributed by atoms with E-state index in [0.717, 1.165) is 22.2 Å². The van der Waals surface area contributed by atoms with Crippen LogP contribution in [0, 0.1) is 6.92 Å². The van der Waals surface area contributed by atoms with Crippen molar-refractivity contribution in [1.29, 1.82) is 0 Å². The van der Waals surface area contributed by atoms with E-state index in [1.165, 1.54) is 0 Å². The maximum absolute atomic E-state index is 12.2. The average Bonchev–Trinajstić information content (AvgIpc) is 2.98. The van der Waals surface area contributed by atoms with Crippen LogP contribution in [-0.2, 0) is 13.6 Å². The van der Waals surface area contributed by atoms with E-state index in [-0.39, 0.29) is 5.91 Å². The smallest absolute Gasteiger partial charge is 0.267 e. The van der Waals surface area contributed by atoms with Gasteiger partial charge in [0.05, 0.1) is 5.69 Å². The van der Waals surface area contributed by atoms with Crippen molar-refractivity contribution >= 4 is 22.5 Å². The SMILES string of the molecule is Cc1nn(C)cc1CNC(=O)c1cc2cc(N)ccc2[nH]1. The highest BCUT2D eigenvalue weighted by atomic mass is 16.1. The molecular weight excluding hydrogens is 266 g/mol. The second kappa shape index (κ2) is 4.97. The normalized spacial score (nSPS) is 11.0. The number of anilines is 1. The molecule has 2 heterocycles. The topological polar surface area (TPSA) is 88.7 Å². The lowest BCUT2D eigenvalue weighted by Crippen LogP contribution is -2.23. The zero-order valence-corrected chi connectivity index (χ0v) is 12.0. The van der Waals surface area contributed by atoms with Gasteiger partial charge in [-0.15, -0.1) is 0 Å². The van der Waals surface area contributed by atoms with Crippen LogP contribution in [0.15, 0.2) is 30.5 Å². The molecule has 0 aliphatic carbocycles. The summed E-state index contributed by atoms with van der Waals surface area (Å²) in [5.41, 5.74) is 9.76. The molecule has 2 aromatic heterocycles. The van der Waals surface area contributed by atoms with Crippen LogP contribution in [0.3, 0.4) is 0 Å². The standard InChI is InChI=1S/C15H17N5O/c1-9-11(8-20(2)19-9)7-17-15(21)14-6-10-5-12(16)3-4-13(10)18-14/h3-6,8,18H,7,16H2,1-2H3,(H,17,21). The van der Waals surface area contributed by atoms with Gasteiger partial charge in [0, 0.05) is 41.9 Å². The summed E-state index contributed by atoms with van der Waals surface area (Å²) in [7, 11) is 1.86.